The molecule has 0 bridgehead atoms. The molecule has 7 nitrogen and oxygen atoms in total. The minimum Gasteiger partial charge on any atom is -0.481 e. The molecule has 1 aliphatic rings. The molecule has 2 amide bonds. The Hall–Kier alpha value is -2.02. The van der Waals surface area contributed by atoms with Gasteiger partial charge in [0, 0.05) is 13.0 Å². The van der Waals surface area contributed by atoms with E-state index in [4.69, 9.17) is 9.15 Å². The Morgan fingerprint density at radius 1 is 1.55 bits per heavy atom. The SMILES string of the molecule is CC1(C(=O)O)COCC1NC(=O)NCCc1ccco1. The number of amides is 2. The fourth-order valence-corrected chi connectivity index (χ4v) is 2.05. The second-order valence-electron chi connectivity index (χ2n) is 5.02. The number of carboxylic acid groups (broad SMARTS) is 1. The van der Waals surface area contributed by atoms with E-state index in [1.807, 2.05) is 6.07 Å². The van der Waals surface area contributed by atoms with Crippen molar-refractivity contribution in [2.24, 2.45) is 5.41 Å². The standard InChI is InChI=1S/C13H18N2O5/c1-13(11(16)17)8-19-7-10(13)15-12(18)14-5-4-9-3-2-6-20-9/h2-3,6,10H,4-5,7-8H2,1H3,(H,16,17)(H2,14,15,18). The molecule has 0 aliphatic carbocycles. The van der Waals surface area contributed by atoms with Crippen LogP contribution in [0.1, 0.15) is 12.7 Å². The van der Waals surface area contributed by atoms with Gasteiger partial charge in [-0.3, -0.25) is 4.79 Å². The third-order valence-corrected chi connectivity index (χ3v) is 3.49. The molecule has 1 aromatic heterocycles. The molecule has 110 valence electrons. The summed E-state index contributed by atoms with van der Waals surface area (Å²) in [5.74, 6) is -0.194. The Kier molecular flexibility index (Phi) is 4.29. The van der Waals surface area contributed by atoms with Gasteiger partial charge in [-0.1, -0.05) is 0 Å². The lowest BCUT2D eigenvalue weighted by Crippen LogP contribution is -2.52. The summed E-state index contributed by atoms with van der Waals surface area (Å²) in [7, 11) is 0. The Morgan fingerprint density at radius 3 is 3.00 bits per heavy atom. The zero-order chi connectivity index (χ0) is 14.6. The number of ether oxygens (including phenoxy) is 1. The number of hydrogen-bond acceptors (Lipinski definition) is 4. The van der Waals surface area contributed by atoms with Crippen molar-refractivity contribution in [2.75, 3.05) is 19.8 Å². The summed E-state index contributed by atoms with van der Waals surface area (Å²) < 4.78 is 10.3. The molecule has 20 heavy (non-hydrogen) atoms. The van der Waals surface area contributed by atoms with Crippen LogP contribution in [-0.4, -0.2) is 42.9 Å². The normalized spacial score (nSPS) is 25.4. The lowest BCUT2D eigenvalue weighted by Gasteiger charge is -2.25. The van der Waals surface area contributed by atoms with Gasteiger partial charge in [0.1, 0.15) is 11.2 Å². The van der Waals surface area contributed by atoms with Crippen LogP contribution < -0.4 is 10.6 Å². The molecule has 3 N–H and O–H groups in total. The number of carboxylic acids is 1. The quantitative estimate of drug-likeness (QED) is 0.734. The highest BCUT2D eigenvalue weighted by molar-refractivity contribution is 5.79. The zero-order valence-corrected chi connectivity index (χ0v) is 11.2. The van der Waals surface area contributed by atoms with E-state index in [0.29, 0.717) is 13.0 Å². The van der Waals surface area contributed by atoms with E-state index in [0.717, 1.165) is 5.76 Å². The van der Waals surface area contributed by atoms with Gasteiger partial charge in [-0.2, -0.15) is 0 Å². The van der Waals surface area contributed by atoms with Crippen LogP contribution in [0.15, 0.2) is 22.8 Å². The van der Waals surface area contributed by atoms with Crippen LogP contribution >= 0.6 is 0 Å². The predicted molar refractivity (Wildman–Crippen MR) is 69.3 cm³/mol. The minimum absolute atomic E-state index is 0.0969. The highest BCUT2D eigenvalue weighted by atomic mass is 16.5. The molecular formula is C13H18N2O5. The van der Waals surface area contributed by atoms with Crippen LogP contribution in [0.5, 0.6) is 0 Å². The van der Waals surface area contributed by atoms with Crippen molar-refractivity contribution in [3.63, 3.8) is 0 Å². The molecular weight excluding hydrogens is 264 g/mol. The number of aliphatic carboxylic acids is 1. The highest BCUT2D eigenvalue weighted by Gasteiger charge is 2.47. The predicted octanol–water partition coefficient (Wildman–Crippen LogP) is 0.611. The monoisotopic (exact) mass is 282 g/mol. The molecule has 0 saturated carbocycles. The van der Waals surface area contributed by atoms with Crippen molar-refractivity contribution in [1.29, 1.82) is 0 Å². The molecule has 7 heteroatoms. The van der Waals surface area contributed by atoms with Crippen LogP contribution in [0.4, 0.5) is 4.79 Å². The van der Waals surface area contributed by atoms with Crippen LogP contribution in [0.3, 0.4) is 0 Å². The van der Waals surface area contributed by atoms with Crippen LogP contribution in [0.25, 0.3) is 0 Å². The number of urea groups is 1. The smallest absolute Gasteiger partial charge is 0.315 e. The topological polar surface area (TPSA) is 101 Å². The van der Waals surface area contributed by atoms with E-state index in [1.54, 1.807) is 19.3 Å². The molecule has 1 saturated heterocycles. The maximum atomic E-state index is 11.7. The number of carbonyl (C=O) groups excluding carboxylic acids is 1. The Morgan fingerprint density at radius 2 is 2.35 bits per heavy atom. The lowest BCUT2D eigenvalue weighted by molar-refractivity contribution is -0.148. The second-order valence-corrected chi connectivity index (χ2v) is 5.02. The number of furan rings is 1. The summed E-state index contributed by atoms with van der Waals surface area (Å²) in [4.78, 5) is 23.0. The van der Waals surface area contributed by atoms with E-state index in [2.05, 4.69) is 10.6 Å². The van der Waals surface area contributed by atoms with Gasteiger partial charge in [0.15, 0.2) is 0 Å². The first kappa shape index (κ1) is 14.4. The maximum absolute atomic E-state index is 11.7. The molecule has 1 aromatic rings. The summed E-state index contributed by atoms with van der Waals surface area (Å²) in [6.07, 6.45) is 2.15. The Bertz CT molecular complexity index is 473. The van der Waals surface area contributed by atoms with E-state index in [1.165, 1.54) is 0 Å². The van der Waals surface area contributed by atoms with Gasteiger partial charge in [0.2, 0.25) is 0 Å². The molecule has 2 atom stereocenters. The summed E-state index contributed by atoms with van der Waals surface area (Å²) in [6.45, 7) is 2.28. The first-order chi connectivity index (χ1) is 9.52. The van der Waals surface area contributed by atoms with E-state index in [-0.39, 0.29) is 13.2 Å². The second kappa shape index (κ2) is 5.96. The maximum Gasteiger partial charge on any atom is 0.315 e. The lowest BCUT2D eigenvalue weighted by atomic mass is 9.85. The highest BCUT2D eigenvalue weighted by Crippen LogP contribution is 2.28. The first-order valence-electron chi connectivity index (χ1n) is 6.40. The van der Waals surface area contributed by atoms with Gasteiger partial charge in [-0.25, -0.2) is 4.79 Å². The summed E-state index contributed by atoms with van der Waals surface area (Å²) in [5, 5.41) is 14.5. The summed E-state index contributed by atoms with van der Waals surface area (Å²) in [5.41, 5.74) is -1.08. The van der Waals surface area contributed by atoms with Gasteiger partial charge < -0.3 is 24.9 Å². The number of hydrogen-bond donors (Lipinski definition) is 3. The molecule has 2 rings (SSSR count). The number of rotatable bonds is 5. The van der Waals surface area contributed by atoms with Gasteiger partial charge in [-0.15, -0.1) is 0 Å². The fraction of sp³-hybridized carbons (Fsp3) is 0.538. The van der Waals surface area contributed by atoms with Crippen molar-refractivity contribution in [2.45, 2.75) is 19.4 Å². The van der Waals surface area contributed by atoms with Crippen LogP contribution in [0, 0.1) is 5.41 Å². The Labute approximate surface area is 116 Å². The van der Waals surface area contributed by atoms with Crippen molar-refractivity contribution in [1.82, 2.24) is 10.6 Å². The molecule has 2 heterocycles. The van der Waals surface area contributed by atoms with Crippen molar-refractivity contribution < 1.29 is 23.8 Å². The first-order valence-corrected chi connectivity index (χ1v) is 6.40. The van der Waals surface area contributed by atoms with Crippen molar-refractivity contribution >= 4 is 12.0 Å². The molecule has 0 aromatic carbocycles. The zero-order valence-electron chi connectivity index (χ0n) is 11.2. The van der Waals surface area contributed by atoms with Crippen molar-refractivity contribution in [3.8, 4) is 0 Å². The molecule has 2 unspecified atom stereocenters. The van der Waals surface area contributed by atoms with E-state index >= 15 is 0 Å². The Balaban J connectivity index is 1.78. The summed E-state index contributed by atoms with van der Waals surface area (Å²) in [6, 6.07) is 2.67. The largest absolute Gasteiger partial charge is 0.481 e. The average Bonchev–Trinajstić information content (AvgIpc) is 3.01. The summed E-state index contributed by atoms with van der Waals surface area (Å²) >= 11 is 0. The van der Waals surface area contributed by atoms with Gasteiger partial charge in [-0.05, 0) is 19.1 Å². The van der Waals surface area contributed by atoms with E-state index in [9.17, 15) is 14.7 Å². The van der Waals surface area contributed by atoms with E-state index < -0.39 is 23.5 Å². The van der Waals surface area contributed by atoms with Gasteiger partial charge in [0.25, 0.3) is 0 Å². The van der Waals surface area contributed by atoms with Gasteiger partial charge in [0.05, 0.1) is 25.5 Å². The number of carbonyl (C=O) groups is 2. The molecule has 0 radical (unpaired) electrons. The van der Waals surface area contributed by atoms with Gasteiger partial charge >= 0.3 is 12.0 Å². The molecule has 1 fully saturated rings. The third kappa shape index (κ3) is 3.11. The molecule has 1 aliphatic heterocycles. The third-order valence-electron chi connectivity index (χ3n) is 3.49. The fourth-order valence-electron chi connectivity index (χ4n) is 2.05. The van der Waals surface area contributed by atoms with Crippen LogP contribution in [-0.2, 0) is 16.0 Å². The minimum atomic E-state index is -1.08. The molecule has 0 spiro atoms. The van der Waals surface area contributed by atoms with Crippen LogP contribution in [0.2, 0.25) is 0 Å². The average molecular weight is 282 g/mol. The van der Waals surface area contributed by atoms with Crippen molar-refractivity contribution in [3.05, 3.63) is 24.2 Å². The number of nitrogens with one attached hydrogen (secondary N) is 2.